The van der Waals surface area contributed by atoms with Gasteiger partial charge in [-0.3, -0.25) is 4.79 Å². The van der Waals surface area contributed by atoms with Crippen molar-refractivity contribution in [1.82, 2.24) is 9.55 Å². The molecule has 7 heteroatoms. The molecule has 4 rings (SSSR count). The zero-order chi connectivity index (χ0) is 21.1. The van der Waals surface area contributed by atoms with Crippen LogP contribution in [-0.4, -0.2) is 29.7 Å². The highest BCUT2D eigenvalue weighted by Crippen LogP contribution is 2.31. The number of nitrogens with zero attached hydrogens (tertiary/aromatic N) is 2. The molecule has 1 aliphatic rings. The van der Waals surface area contributed by atoms with Crippen LogP contribution in [0, 0.1) is 0 Å². The number of rotatable bonds is 5. The minimum Gasteiger partial charge on any atom is -0.497 e. The van der Waals surface area contributed by atoms with Crippen molar-refractivity contribution in [2.75, 3.05) is 19.5 Å². The molecule has 156 valence electrons. The third-order valence-corrected chi connectivity index (χ3v) is 5.59. The van der Waals surface area contributed by atoms with Crippen LogP contribution >= 0.6 is 11.6 Å². The molecule has 1 amide bonds. The maximum Gasteiger partial charge on any atom is 0.276 e. The number of methoxy groups -OCH3 is 2. The fraction of sp³-hybridized carbons (Fsp3) is 0.304. The van der Waals surface area contributed by atoms with Crippen molar-refractivity contribution in [3.8, 4) is 22.9 Å². The van der Waals surface area contributed by atoms with Crippen molar-refractivity contribution in [1.29, 1.82) is 0 Å². The summed E-state index contributed by atoms with van der Waals surface area (Å²) in [7, 11) is 3.15. The molecular formula is C23H24ClN3O3. The highest BCUT2D eigenvalue weighted by molar-refractivity contribution is 6.30. The molecule has 30 heavy (non-hydrogen) atoms. The van der Waals surface area contributed by atoms with Crippen molar-refractivity contribution in [2.45, 2.75) is 32.2 Å². The second-order valence-electron chi connectivity index (χ2n) is 7.22. The Hall–Kier alpha value is -2.99. The summed E-state index contributed by atoms with van der Waals surface area (Å²) in [6.07, 6.45) is 4.06. The van der Waals surface area contributed by atoms with E-state index in [0.29, 0.717) is 27.9 Å². The molecule has 1 aromatic heterocycles. The number of imidazole rings is 1. The Labute approximate surface area is 180 Å². The fourth-order valence-corrected chi connectivity index (χ4v) is 3.93. The largest absolute Gasteiger partial charge is 0.497 e. The smallest absolute Gasteiger partial charge is 0.276 e. The predicted octanol–water partition coefficient (Wildman–Crippen LogP) is 5.20. The fourth-order valence-electron chi connectivity index (χ4n) is 3.80. The molecule has 0 unspecified atom stereocenters. The first-order chi connectivity index (χ1) is 14.6. The van der Waals surface area contributed by atoms with Crippen LogP contribution in [0.5, 0.6) is 11.5 Å². The first-order valence-electron chi connectivity index (χ1n) is 9.99. The molecule has 0 saturated carbocycles. The second kappa shape index (κ2) is 8.79. The average Bonchev–Trinajstić information content (AvgIpc) is 2.95. The number of benzene rings is 2. The van der Waals surface area contributed by atoms with E-state index in [1.807, 2.05) is 24.3 Å². The van der Waals surface area contributed by atoms with Crippen LogP contribution in [0.4, 0.5) is 5.69 Å². The van der Waals surface area contributed by atoms with E-state index < -0.39 is 0 Å². The van der Waals surface area contributed by atoms with Crippen LogP contribution in [-0.2, 0) is 13.0 Å². The number of carbonyl (C=O) groups excluding carboxylic acids is 1. The van der Waals surface area contributed by atoms with Gasteiger partial charge in [0.2, 0.25) is 0 Å². The molecule has 3 aromatic rings. The standard InChI is InChI=1S/C23H24ClN3O3/c1-29-17-11-12-18(20(14-17)30-2)25-23(28)21-19-6-4-3-5-13-27(19)22(26-21)15-7-9-16(24)10-8-15/h7-12,14H,3-6,13H2,1-2H3,(H,25,28). The number of anilines is 1. The Morgan fingerprint density at radius 2 is 1.87 bits per heavy atom. The number of ether oxygens (including phenoxy) is 2. The maximum absolute atomic E-state index is 13.2. The van der Waals surface area contributed by atoms with E-state index in [1.165, 1.54) is 0 Å². The lowest BCUT2D eigenvalue weighted by Gasteiger charge is -2.12. The normalized spacial score (nSPS) is 13.3. The van der Waals surface area contributed by atoms with Crippen molar-refractivity contribution in [2.24, 2.45) is 0 Å². The highest BCUT2D eigenvalue weighted by Gasteiger charge is 2.25. The lowest BCUT2D eigenvalue weighted by Crippen LogP contribution is -2.16. The van der Waals surface area contributed by atoms with Gasteiger partial charge >= 0.3 is 0 Å². The number of hydrogen-bond donors (Lipinski definition) is 1. The molecule has 6 nitrogen and oxygen atoms in total. The van der Waals surface area contributed by atoms with Gasteiger partial charge < -0.3 is 19.4 Å². The number of hydrogen-bond acceptors (Lipinski definition) is 4. The quantitative estimate of drug-likeness (QED) is 0.610. The number of fused-ring (bicyclic) bond motifs is 1. The molecule has 2 aromatic carbocycles. The number of aromatic nitrogens is 2. The molecule has 1 aliphatic heterocycles. The summed E-state index contributed by atoms with van der Waals surface area (Å²) in [4.78, 5) is 18.0. The summed E-state index contributed by atoms with van der Waals surface area (Å²) in [5, 5.41) is 3.63. The van der Waals surface area contributed by atoms with Crippen molar-refractivity contribution in [3.63, 3.8) is 0 Å². The SMILES string of the molecule is COc1ccc(NC(=O)c2nc(-c3ccc(Cl)cc3)n3c2CCCCC3)c(OC)c1. The lowest BCUT2D eigenvalue weighted by atomic mass is 10.1. The molecule has 0 atom stereocenters. The Morgan fingerprint density at radius 1 is 1.07 bits per heavy atom. The van der Waals surface area contributed by atoms with Crippen LogP contribution in [0.2, 0.25) is 5.02 Å². The molecular weight excluding hydrogens is 402 g/mol. The van der Waals surface area contributed by atoms with Crippen LogP contribution in [0.3, 0.4) is 0 Å². The zero-order valence-electron chi connectivity index (χ0n) is 17.1. The lowest BCUT2D eigenvalue weighted by molar-refractivity contribution is 0.102. The summed E-state index contributed by atoms with van der Waals surface area (Å²) in [5.41, 5.74) is 2.96. The molecule has 0 aliphatic carbocycles. The second-order valence-corrected chi connectivity index (χ2v) is 7.66. The summed E-state index contributed by atoms with van der Waals surface area (Å²) in [6.45, 7) is 0.847. The summed E-state index contributed by atoms with van der Waals surface area (Å²) >= 11 is 6.05. The highest BCUT2D eigenvalue weighted by atomic mass is 35.5. The van der Waals surface area contributed by atoms with Crippen molar-refractivity contribution < 1.29 is 14.3 Å². The summed E-state index contributed by atoms with van der Waals surface area (Å²) in [5.74, 6) is 1.75. The van der Waals surface area contributed by atoms with Gasteiger partial charge in [-0.05, 0) is 55.7 Å². The number of nitrogens with one attached hydrogen (secondary N) is 1. The summed E-state index contributed by atoms with van der Waals surface area (Å²) < 4.78 is 12.8. The first kappa shape index (κ1) is 20.3. The Morgan fingerprint density at radius 3 is 2.60 bits per heavy atom. The van der Waals surface area contributed by atoms with Gasteiger partial charge in [-0.2, -0.15) is 0 Å². The van der Waals surface area contributed by atoms with Gasteiger partial charge in [-0.15, -0.1) is 0 Å². The predicted molar refractivity (Wildman–Crippen MR) is 118 cm³/mol. The number of amides is 1. The van der Waals surface area contributed by atoms with E-state index in [9.17, 15) is 4.79 Å². The third kappa shape index (κ3) is 4.00. The van der Waals surface area contributed by atoms with Gasteiger partial charge in [-0.25, -0.2) is 4.98 Å². The number of carbonyl (C=O) groups is 1. The van der Waals surface area contributed by atoms with Crippen LogP contribution in [0.25, 0.3) is 11.4 Å². The van der Waals surface area contributed by atoms with E-state index in [0.717, 1.165) is 49.3 Å². The zero-order valence-corrected chi connectivity index (χ0v) is 17.8. The van der Waals surface area contributed by atoms with Crippen molar-refractivity contribution in [3.05, 3.63) is 58.9 Å². The van der Waals surface area contributed by atoms with E-state index in [4.69, 9.17) is 26.1 Å². The topological polar surface area (TPSA) is 65.4 Å². The van der Waals surface area contributed by atoms with Crippen LogP contribution in [0.15, 0.2) is 42.5 Å². The molecule has 0 spiro atoms. The van der Waals surface area contributed by atoms with Crippen LogP contribution in [0.1, 0.15) is 35.4 Å². The van der Waals surface area contributed by atoms with Gasteiger partial charge in [0.25, 0.3) is 5.91 Å². The van der Waals surface area contributed by atoms with E-state index in [-0.39, 0.29) is 5.91 Å². The maximum atomic E-state index is 13.2. The number of halogens is 1. The molecule has 0 radical (unpaired) electrons. The minimum absolute atomic E-state index is 0.246. The van der Waals surface area contributed by atoms with E-state index >= 15 is 0 Å². The van der Waals surface area contributed by atoms with Gasteiger partial charge in [-0.1, -0.05) is 18.0 Å². The first-order valence-corrected chi connectivity index (χ1v) is 10.4. The molecule has 0 fully saturated rings. The van der Waals surface area contributed by atoms with E-state index in [2.05, 4.69) is 9.88 Å². The minimum atomic E-state index is -0.246. The van der Waals surface area contributed by atoms with Gasteiger partial charge in [0.15, 0.2) is 0 Å². The summed E-state index contributed by atoms with van der Waals surface area (Å²) in [6, 6.07) is 12.9. The Bertz CT molecular complexity index is 1060. The van der Waals surface area contributed by atoms with Crippen molar-refractivity contribution >= 4 is 23.2 Å². The Kier molecular flexibility index (Phi) is 5.95. The van der Waals surface area contributed by atoms with Crippen LogP contribution < -0.4 is 14.8 Å². The molecule has 0 bridgehead atoms. The molecule has 0 saturated heterocycles. The monoisotopic (exact) mass is 425 g/mol. The Balaban J connectivity index is 1.72. The molecule has 1 N–H and O–H groups in total. The van der Waals surface area contributed by atoms with Gasteiger partial charge in [0.1, 0.15) is 23.0 Å². The van der Waals surface area contributed by atoms with Gasteiger partial charge in [0, 0.05) is 23.2 Å². The molecule has 2 heterocycles. The van der Waals surface area contributed by atoms with Gasteiger partial charge in [0.05, 0.1) is 25.6 Å². The van der Waals surface area contributed by atoms with E-state index in [1.54, 1.807) is 32.4 Å². The third-order valence-electron chi connectivity index (χ3n) is 5.34. The average molecular weight is 426 g/mol.